The van der Waals surface area contributed by atoms with Gasteiger partial charge in [0.05, 0.1) is 11.1 Å². The van der Waals surface area contributed by atoms with Crippen LogP contribution in [-0.2, 0) is 10.9 Å². The number of benzene rings is 1. The molecule has 0 aromatic heterocycles. The fourth-order valence-electron chi connectivity index (χ4n) is 2.79. The number of unbranched alkanes of at least 4 members (excludes halogenated alkanes) is 5. The summed E-state index contributed by atoms with van der Waals surface area (Å²) >= 11 is 0. The van der Waals surface area contributed by atoms with Crippen LogP contribution in [0, 0.1) is 5.82 Å². The van der Waals surface area contributed by atoms with Crippen LogP contribution < -0.4 is 0 Å². The van der Waals surface area contributed by atoms with Crippen LogP contribution in [0.3, 0.4) is 0 Å². The van der Waals surface area contributed by atoms with E-state index >= 15 is 0 Å². The van der Waals surface area contributed by atoms with Crippen LogP contribution in [-0.4, -0.2) is 12.1 Å². The highest BCUT2D eigenvalue weighted by Gasteiger charge is 2.36. The molecule has 0 bridgehead atoms. The minimum absolute atomic E-state index is 0.391. The van der Waals surface area contributed by atoms with E-state index in [-0.39, 0.29) is 0 Å². The van der Waals surface area contributed by atoms with E-state index < -0.39 is 35.2 Å². The molecule has 0 saturated heterocycles. The molecule has 6 heteroatoms. The topological polar surface area (TPSA) is 26.3 Å². The van der Waals surface area contributed by atoms with Crippen molar-refractivity contribution in [1.82, 2.24) is 0 Å². The highest BCUT2D eigenvalue weighted by Crippen LogP contribution is 2.32. The van der Waals surface area contributed by atoms with E-state index in [9.17, 15) is 22.4 Å². The summed E-state index contributed by atoms with van der Waals surface area (Å²) in [6.07, 6.45) is 3.09. The van der Waals surface area contributed by atoms with Crippen LogP contribution in [0.25, 0.3) is 0 Å². The number of alkyl halides is 3. The first kappa shape index (κ1) is 22.5. The van der Waals surface area contributed by atoms with Gasteiger partial charge >= 0.3 is 12.1 Å². The Kier molecular flexibility index (Phi) is 9.66. The van der Waals surface area contributed by atoms with Crippen LogP contribution in [0.2, 0.25) is 0 Å². The molecule has 0 aliphatic rings. The summed E-state index contributed by atoms with van der Waals surface area (Å²) in [4.78, 5) is 12.2. The quantitative estimate of drug-likeness (QED) is 0.238. The lowest BCUT2D eigenvalue weighted by Crippen LogP contribution is -2.20. The predicted octanol–water partition coefficient (Wildman–Crippen LogP) is 6.92. The van der Waals surface area contributed by atoms with E-state index in [0.29, 0.717) is 18.9 Å². The first-order chi connectivity index (χ1) is 12.3. The smallest absolute Gasteiger partial charge is 0.419 e. The molecule has 1 rings (SSSR count). The molecular formula is C20H28F4O2. The zero-order chi connectivity index (χ0) is 19.6. The van der Waals surface area contributed by atoms with Crippen LogP contribution in [0.4, 0.5) is 17.6 Å². The number of esters is 1. The predicted molar refractivity (Wildman–Crippen MR) is 93.5 cm³/mol. The van der Waals surface area contributed by atoms with Gasteiger partial charge in [-0.2, -0.15) is 13.2 Å². The summed E-state index contributed by atoms with van der Waals surface area (Å²) in [5.41, 5.74) is -2.11. The second-order valence-electron chi connectivity index (χ2n) is 6.54. The monoisotopic (exact) mass is 376 g/mol. The van der Waals surface area contributed by atoms with Gasteiger partial charge in [-0.05, 0) is 31.4 Å². The molecule has 0 saturated carbocycles. The third-order valence-electron chi connectivity index (χ3n) is 4.31. The highest BCUT2D eigenvalue weighted by atomic mass is 19.4. The average molecular weight is 376 g/mol. The number of halogens is 4. The molecular weight excluding hydrogens is 348 g/mol. The van der Waals surface area contributed by atoms with E-state index in [1.165, 1.54) is 0 Å². The third-order valence-corrected chi connectivity index (χ3v) is 4.31. The molecule has 0 aliphatic carbocycles. The fraction of sp³-hybridized carbons (Fsp3) is 0.650. The van der Waals surface area contributed by atoms with Crippen molar-refractivity contribution in [3.05, 3.63) is 35.1 Å². The summed E-state index contributed by atoms with van der Waals surface area (Å²) in [6.45, 7) is 4.13. The van der Waals surface area contributed by atoms with Crippen molar-refractivity contribution in [2.24, 2.45) is 0 Å². The summed E-state index contributed by atoms with van der Waals surface area (Å²) < 4.78 is 57.8. The molecule has 148 valence electrons. The van der Waals surface area contributed by atoms with Crippen molar-refractivity contribution >= 4 is 5.97 Å². The van der Waals surface area contributed by atoms with Gasteiger partial charge in [0.15, 0.2) is 0 Å². The van der Waals surface area contributed by atoms with E-state index in [0.717, 1.165) is 57.1 Å². The van der Waals surface area contributed by atoms with Gasteiger partial charge in [-0.25, -0.2) is 9.18 Å². The number of carbonyl (C=O) groups excluding carboxylic acids is 1. The molecule has 0 aliphatic heterocycles. The number of hydrogen-bond acceptors (Lipinski definition) is 2. The van der Waals surface area contributed by atoms with Crippen molar-refractivity contribution in [3.8, 4) is 0 Å². The lowest BCUT2D eigenvalue weighted by atomic mass is 10.0. The highest BCUT2D eigenvalue weighted by molar-refractivity contribution is 5.90. The molecule has 26 heavy (non-hydrogen) atoms. The average Bonchev–Trinajstić information content (AvgIpc) is 2.58. The van der Waals surface area contributed by atoms with E-state index in [2.05, 4.69) is 6.92 Å². The molecule has 1 aromatic carbocycles. The second-order valence-corrected chi connectivity index (χ2v) is 6.54. The Labute approximate surface area is 152 Å². The molecule has 1 unspecified atom stereocenters. The molecule has 0 amide bonds. The van der Waals surface area contributed by atoms with Crippen LogP contribution >= 0.6 is 0 Å². The third kappa shape index (κ3) is 7.34. The van der Waals surface area contributed by atoms with Gasteiger partial charge in [-0.3, -0.25) is 0 Å². The molecule has 1 atom stereocenters. The van der Waals surface area contributed by atoms with Crippen LogP contribution in [0.5, 0.6) is 0 Å². The maximum absolute atomic E-state index is 14.1. The minimum atomic E-state index is -4.85. The lowest BCUT2D eigenvalue weighted by Gasteiger charge is -2.18. The van der Waals surface area contributed by atoms with E-state index in [1.54, 1.807) is 0 Å². The number of rotatable bonds is 11. The van der Waals surface area contributed by atoms with Crippen molar-refractivity contribution in [1.29, 1.82) is 0 Å². The zero-order valence-electron chi connectivity index (χ0n) is 15.5. The molecule has 2 nitrogen and oxygen atoms in total. The Hall–Kier alpha value is -1.59. The van der Waals surface area contributed by atoms with Gasteiger partial charge in [0.1, 0.15) is 11.9 Å². The standard InChI is InChI=1S/C20H28F4O2/c1-3-5-7-8-9-12-15(11-6-4-2)26-19(25)16-13-10-14-17(18(16)21)20(22,23)24/h10,13-15H,3-9,11-12H2,1-2H3. The lowest BCUT2D eigenvalue weighted by molar-refractivity contribution is -0.140. The Morgan fingerprint density at radius 2 is 1.62 bits per heavy atom. The second kappa shape index (κ2) is 11.2. The normalized spacial score (nSPS) is 12.8. The Morgan fingerprint density at radius 3 is 2.23 bits per heavy atom. The van der Waals surface area contributed by atoms with Gasteiger partial charge < -0.3 is 4.74 Å². The maximum Gasteiger partial charge on any atom is 0.419 e. The molecule has 1 aromatic rings. The Balaban J connectivity index is 2.76. The van der Waals surface area contributed by atoms with Gasteiger partial charge in [-0.15, -0.1) is 0 Å². The van der Waals surface area contributed by atoms with Gasteiger partial charge in [-0.1, -0.05) is 58.4 Å². The number of hydrogen-bond donors (Lipinski definition) is 0. The Morgan fingerprint density at radius 1 is 1.00 bits per heavy atom. The SMILES string of the molecule is CCCCCCCC(CCCC)OC(=O)c1cccc(C(F)(F)F)c1F. The molecule has 0 N–H and O–H groups in total. The first-order valence-electron chi connectivity index (χ1n) is 9.37. The summed E-state index contributed by atoms with van der Waals surface area (Å²) in [6, 6.07) is 2.67. The summed E-state index contributed by atoms with van der Waals surface area (Å²) in [7, 11) is 0. The molecule has 0 radical (unpaired) electrons. The van der Waals surface area contributed by atoms with Crippen molar-refractivity contribution in [2.75, 3.05) is 0 Å². The molecule has 0 fully saturated rings. The van der Waals surface area contributed by atoms with Gasteiger partial charge in [0, 0.05) is 0 Å². The zero-order valence-corrected chi connectivity index (χ0v) is 15.5. The summed E-state index contributed by atoms with van der Waals surface area (Å²) in [5.74, 6) is -2.59. The number of ether oxygens (including phenoxy) is 1. The van der Waals surface area contributed by atoms with E-state index in [1.807, 2.05) is 6.92 Å². The van der Waals surface area contributed by atoms with Gasteiger partial charge in [0.2, 0.25) is 0 Å². The number of carbonyl (C=O) groups is 1. The molecule has 0 spiro atoms. The maximum atomic E-state index is 14.1. The summed E-state index contributed by atoms with van der Waals surface area (Å²) in [5, 5.41) is 0. The van der Waals surface area contributed by atoms with Crippen LogP contribution in [0.15, 0.2) is 18.2 Å². The molecule has 0 heterocycles. The largest absolute Gasteiger partial charge is 0.459 e. The first-order valence-corrected chi connectivity index (χ1v) is 9.37. The Bertz CT molecular complexity index is 555. The van der Waals surface area contributed by atoms with Crippen LogP contribution in [0.1, 0.15) is 87.6 Å². The minimum Gasteiger partial charge on any atom is -0.459 e. The van der Waals surface area contributed by atoms with Crippen molar-refractivity contribution in [2.45, 2.75) is 83.9 Å². The van der Waals surface area contributed by atoms with Crippen molar-refractivity contribution in [3.63, 3.8) is 0 Å². The van der Waals surface area contributed by atoms with E-state index in [4.69, 9.17) is 4.74 Å². The van der Waals surface area contributed by atoms with Crippen molar-refractivity contribution < 1.29 is 27.1 Å². The fourth-order valence-corrected chi connectivity index (χ4v) is 2.79. The van der Waals surface area contributed by atoms with Gasteiger partial charge in [0.25, 0.3) is 0 Å².